The molecule has 0 unspecified atom stereocenters. The van der Waals surface area contributed by atoms with E-state index in [2.05, 4.69) is 9.82 Å². The SMILES string of the molecule is Cc1ccc([N+](=O)[O-])cc1S(=O)(=O)NCCn1ncccc1=O. The third-order valence-electron chi connectivity index (χ3n) is 3.07. The van der Waals surface area contributed by atoms with Gasteiger partial charge < -0.3 is 0 Å². The van der Waals surface area contributed by atoms with Crippen LogP contribution in [0.4, 0.5) is 5.69 Å². The van der Waals surface area contributed by atoms with E-state index in [0.29, 0.717) is 5.56 Å². The highest BCUT2D eigenvalue weighted by Gasteiger charge is 2.20. The fourth-order valence-corrected chi connectivity index (χ4v) is 3.19. The molecule has 0 aliphatic carbocycles. The lowest BCUT2D eigenvalue weighted by molar-refractivity contribution is -0.385. The lowest BCUT2D eigenvalue weighted by Crippen LogP contribution is -2.32. The Morgan fingerprint density at radius 1 is 1.35 bits per heavy atom. The third-order valence-corrected chi connectivity index (χ3v) is 4.68. The molecule has 0 saturated carbocycles. The maximum Gasteiger partial charge on any atom is 0.270 e. The number of nitrogens with zero attached hydrogens (tertiary/aromatic N) is 3. The molecule has 2 aromatic rings. The standard InChI is InChI=1S/C13H14N4O5S/c1-10-4-5-11(17(19)20)9-12(10)23(21,22)15-7-8-16-13(18)3-2-6-14-16/h2-6,9,15H,7-8H2,1H3. The first-order valence-corrected chi connectivity index (χ1v) is 8.06. The smallest absolute Gasteiger partial charge is 0.268 e. The number of sulfonamides is 1. The van der Waals surface area contributed by atoms with Crippen LogP contribution in [-0.4, -0.2) is 29.7 Å². The van der Waals surface area contributed by atoms with Crippen molar-refractivity contribution in [2.75, 3.05) is 6.54 Å². The Morgan fingerprint density at radius 2 is 2.09 bits per heavy atom. The Balaban J connectivity index is 2.16. The molecule has 0 bridgehead atoms. The van der Waals surface area contributed by atoms with E-state index in [-0.39, 0.29) is 29.2 Å². The molecule has 9 nitrogen and oxygen atoms in total. The fourth-order valence-electron chi connectivity index (χ4n) is 1.91. The molecule has 0 aliphatic heterocycles. The normalized spacial score (nSPS) is 11.3. The van der Waals surface area contributed by atoms with Gasteiger partial charge >= 0.3 is 0 Å². The molecule has 1 N–H and O–H groups in total. The van der Waals surface area contributed by atoms with E-state index in [1.165, 1.54) is 30.5 Å². The van der Waals surface area contributed by atoms with Gasteiger partial charge in [-0.15, -0.1) is 0 Å². The Bertz CT molecular complexity index is 891. The number of aryl methyl sites for hydroxylation is 1. The topological polar surface area (TPSA) is 124 Å². The van der Waals surface area contributed by atoms with Crippen molar-refractivity contribution in [2.45, 2.75) is 18.4 Å². The van der Waals surface area contributed by atoms with Crippen molar-refractivity contribution >= 4 is 15.7 Å². The maximum absolute atomic E-state index is 12.3. The molecule has 0 aliphatic rings. The number of nitro groups is 1. The van der Waals surface area contributed by atoms with Crippen LogP contribution in [0.25, 0.3) is 0 Å². The van der Waals surface area contributed by atoms with Gasteiger partial charge in [-0.2, -0.15) is 5.10 Å². The average Bonchev–Trinajstić information content (AvgIpc) is 2.49. The molecule has 0 amide bonds. The first kappa shape index (κ1) is 16.8. The molecule has 0 fully saturated rings. The minimum atomic E-state index is -3.93. The third kappa shape index (κ3) is 3.99. The number of hydrogen-bond acceptors (Lipinski definition) is 6. The number of non-ortho nitro benzene ring substituents is 1. The largest absolute Gasteiger partial charge is 0.270 e. The molecule has 10 heteroatoms. The summed E-state index contributed by atoms with van der Waals surface area (Å²) in [4.78, 5) is 21.4. The lowest BCUT2D eigenvalue weighted by Gasteiger charge is -2.09. The minimum absolute atomic E-state index is 0.0485. The van der Waals surface area contributed by atoms with Gasteiger partial charge in [0.25, 0.3) is 11.2 Å². The second kappa shape index (κ2) is 6.67. The first-order valence-electron chi connectivity index (χ1n) is 6.58. The summed E-state index contributed by atoms with van der Waals surface area (Å²) in [5.74, 6) is 0. The van der Waals surface area contributed by atoms with E-state index in [4.69, 9.17) is 0 Å². The van der Waals surface area contributed by atoms with Crippen molar-refractivity contribution in [3.05, 3.63) is 62.6 Å². The van der Waals surface area contributed by atoms with Gasteiger partial charge in [-0.3, -0.25) is 14.9 Å². The molecule has 23 heavy (non-hydrogen) atoms. The second-order valence-electron chi connectivity index (χ2n) is 4.69. The predicted molar refractivity (Wildman–Crippen MR) is 81.5 cm³/mol. The van der Waals surface area contributed by atoms with E-state index in [1.807, 2.05) is 0 Å². The van der Waals surface area contributed by atoms with Crippen molar-refractivity contribution in [3.63, 3.8) is 0 Å². The Hall–Kier alpha value is -2.59. The van der Waals surface area contributed by atoms with Crippen molar-refractivity contribution in [1.29, 1.82) is 0 Å². The van der Waals surface area contributed by atoms with Gasteiger partial charge in [0.2, 0.25) is 10.0 Å². The summed E-state index contributed by atoms with van der Waals surface area (Å²) in [6.07, 6.45) is 1.42. The maximum atomic E-state index is 12.3. The summed E-state index contributed by atoms with van der Waals surface area (Å²) in [5.41, 5.74) is -0.270. The predicted octanol–water partition coefficient (Wildman–Crippen LogP) is 0.438. The van der Waals surface area contributed by atoms with E-state index >= 15 is 0 Å². The highest BCUT2D eigenvalue weighted by molar-refractivity contribution is 7.89. The van der Waals surface area contributed by atoms with E-state index < -0.39 is 14.9 Å². The Morgan fingerprint density at radius 3 is 2.74 bits per heavy atom. The summed E-state index contributed by atoms with van der Waals surface area (Å²) in [6.45, 7) is 1.52. The van der Waals surface area contributed by atoms with Crippen LogP contribution in [-0.2, 0) is 16.6 Å². The molecular weight excluding hydrogens is 324 g/mol. The van der Waals surface area contributed by atoms with Gasteiger partial charge in [-0.05, 0) is 18.6 Å². The molecule has 0 radical (unpaired) electrons. The van der Waals surface area contributed by atoms with Crippen LogP contribution in [0.15, 0.2) is 46.2 Å². The van der Waals surface area contributed by atoms with E-state index in [1.54, 1.807) is 6.92 Å². The molecule has 0 saturated heterocycles. The molecular formula is C13H14N4O5S. The highest BCUT2D eigenvalue weighted by atomic mass is 32.2. The van der Waals surface area contributed by atoms with Crippen LogP contribution in [0.5, 0.6) is 0 Å². The summed E-state index contributed by atoms with van der Waals surface area (Å²) in [7, 11) is -3.93. The van der Waals surface area contributed by atoms with Gasteiger partial charge in [-0.1, -0.05) is 6.07 Å². The van der Waals surface area contributed by atoms with Gasteiger partial charge in [0, 0.05) is 30.9 Å². The van der Waals surface area contributed by atoms with Crippen molar-refractivity contribution in [1.82, 2.24) is 14.5 Å². The summed E-state index contributed by atoms with van der Waals surface area (Å²) >= 11 is 0. The molecule has 0 atom stereocenters. The number of hydrogen-bond donors (Lipinski definition) is 1. The minimum Gasteiger partial charge on any atom is -0.268 e. The number of rotatable bonds is 6. The zero-order valence-electron chi connectivity index (χ0n) is 12.2. The summed E-state index contributed by atoms with van der Waals surface area (Å²) in [6, 6.07) is 6.41. The van der Waals surface area contributed by atoms with Crippen molar-refractivity contribution < 1.29 is 13.3 Å². The summed E-state index contributed by atoms with van der Waals surface area (Å²) in [5, 5.41) is 14.6. The number of nitrogens with one attached hydrogen (secondary N) is 1. The Labute approximate surface area is 131 Å². The van der Waals surface area contributed by atoms with Gasteiger partial charge in [-0.25, -0.2) is 17.8 Å². The fraction of sp³-hybridized carbons (Fsp3) is 0.231. The van der Waals surface area contributed by atoms with Crippen LogP contribution in [0, 0.1) is 17.0 Å². The zero-order chi connectivity index (χ0) is 17.0. The molecule has 1 aromatic heterocycles. The van der Waals surface area contributed by atoms with Crippen LogP contribution in [0.1, 0.15) is 5.56 Å². The number of nitro benzene ring substituents is 1. The molecule has 0 spiro atoms. The summed E-state index contributed by atoms with van der Waals surface area (Å²) < 4.78 is 27.9. The van der Waals surface area contributed by atoms with Crippen LogP contribution in [0.2, 0.25) is 0 Å². The quantitative estimate of drug-likeness (QED) is 0.602. The second-order valence-corrected chi connectivity index (χ2v) is 6.43. The monoisotopic (exact) mass is 338 g/mol. The molecule has 122 valence electrons. The van der Waals surface area contributed by atoms with Crippen molar-refractivity contribution in [3.8, 4) is 0 Å². The average molecular weight is 338 g/mol. The molecule has 1 aromatic carbocycles. The zero-order valence-corrected chi connectivity index (χ0v) is 13.0. The van der Waals surface area contributed by atoms with Gasteiger partial charge in [0.05, 0.1) is 16.4 Å². The Kier molecular flexibility index (Phi) is 4.86. The number of aromatic nitrogens is 2. The first-order chi connectivity index (χ1) is 10.8. The van der Waals surface area contributed by atoms with Crippen LogP contribution < -0.4 is 10.3 Å². The van der Waals surface area contributed by atoms with E-state index in [0.717, 1.165) is 10.7 Å². The van der Waals surface area contributed by atoms with Gasteiger partial charge in [0.15, 0.2) is 0 Å². The highest BCUT2D eigenvalue weighted by Crippen LogP contribution is 2.21. The van der Waals surface area contributed by atoms with Crippen LogP contribution in [0.3, 0.4) is 0 Å². The lowest BCUT2D eigenvalue weighted by atomic mass is 10.2. The van der Waals surface area contributed by atoms with Crippen molar-refractivity contribution in [2.24, 2.45) is 0 Å². The number of benzene rings is 1. The molecule has 1 heterocycles. The van der Waals surface area contributed by atoms with Crippen LogP contribution >= 0.6 is 0 Å². The van der Waals surface area contributed by atoms with E-state index in [9.17, 15) is 23.3 Å². The van der Waals surface area contributed by atoms with Gasteiger partial charge in [0.1, 0.15) is 0 Å². The molecule has 2 rings (SSSR count).